The van der Waals surface area contributed by atoms with Crippen molar-refractivity contribution in [2.45, 2.75) is 34.0 Å². The van der Waals surface area contributed by atoms with Crippen LogP contribution in [0.3, 0.4) is 0 Å². The van der Waals surface area contributed by atoms with E-state index in [1.807, 2.05) is 27.7 Å². The molecule has 0 unspecified atom stereocenters. The Kier molecular flexibility index (Phi) is 14.9. The Balaban J connectivity index is 0. The van der Waals surface area contributed by atoms with Gasteiger partial charge in [0.1, 0.15) is 0 Å². The predicted octanol–water partition coefficient (Wildman–Crippen LogP) is 2.60. The van der Waals surface area contributed by atoms with Crippen molar-refractivity contribution in [3.05, 3.63) is 12.7 Å². The van der Waals surface area contributed by atoms with E-state index in [9.17, 15) is 0 Å². The molecule has 0 N–H and O–H groups in total. The monoisotopic (exact) mass is 160 g/mol. The second-order valence-electron chi connectivity index (χ2n) is 1.89. The van der Waals surface area contributed by atoms with Gasteiger partial charge in [0.25, 0.3) is 0 Å². The summed E-state index contributed by atoms with van der Waals surface area (Å²) >= 11 is 0. The first-order valence-electron chi connectivity index (χ1n) is 4.03. The van der Waals surface area contributed by atoms with Gasteiger partial charge in [-0.15, -0.1) is 6.58 Å². The van der Waals surface area contributed by atoms with Crippen LogP contribution in [0.1, 0.15) is 27.7 Å². The Morgan fingerprint density at radius 3 is 1.73 bits per heavy atom. The third-order valence-corrected chi connectivity index (χ3v) is 0.803. The fraction of sp³-hybridized carbons (Fsp3) is 0.778. The molecule has 0 radical (unpaired) electrons. The van der Waals surface area contributed by atoms with Gasteiger partial charge in [-0.2, -0.15) is 0 Å². The summed E-state index contributed by atoms with van der Waals surface area (Å²) in [5.41, 5.74) is 0. The fourth-order valence-electron chi connectivity index (χ4n) is 0.518. The first-order valence-corrected chi connectivity index (χ1v) is 4.03. The zero-order chi connectivity index (χ0) is 9.11. The zero-order valence-corrected chi connectivity index (χ0v) is 8.09. The molecule has 0 aliphatic rings. The van der Waals surface area contributed by atoms with Gasteiger partial charge >= 0.3 is 0 Å². The first-order chi connectivity index (χ1) is 5.22. The van der Waals surface area contributed by atoms with Crippen molar-refractivity contribution in [3.63, 3.8) is 0 Å². The predicted molar refractivity (Wildman–Crippen MR) is 48.6 cm³/mol. The average Bonchev–Trinajstić information content (AvgIpc) is 1.90. The van der Waals surface area contributed by atoms with E-state index in [1.54, 1.807) is 6.08 Å². The van der Waals surface area contributed by atoms with Crippen LogP contribution < -0.4 is 0 Å². The van der Waals surface area contributed by atoms with Crippen molar-refractivity contribution in [2.75, 3.05) is 13.2 Å². The van der Waals surface area contributed by atoms with Crippen LogP contribution in [0, 0.1) is 0 Å². The maximum absolute atomic E-state index is 5.06. The van der Waals surface area contributed by atoms with Crippen LogP contribution in [-0.2, 0) is 9.47 Å². The Bertz CT molecular complexity index is 66.0. The van der Waals surface area contributed by atoms with Crippen LogP contribution in [0.25, 0.3) is 0 Å². The molecule has 0 rings (SSSR count). The van der Waals surface area contributed by atoms with Crippen LogP contribution in [0.2, 0.25) is 0 Å². The normalized spacial score (nSPS) is 8.82. The van der Waals surface area contributed by atoms with E-state index in [4.69, 9.17) is 9.47 Å². The van der Waals surface area contributed by atoms with Crippen LogP contribution in [0.15, 0.2) is 12.7 Å². The quantitative estimate of drug-likeness (QED) is 0.465. The highest BCUT2D eigenvalue weighted by molar-refractivity contribution is 4.51. The molecule has 0 aliphatic heterocycles. The molecule has 0 fully saturated rings. The molecular weight excluding hydrogens is 140 g/mol. The van der Waals surface area contributed by atoms with Gasteiger partial charge in [-0.1, -0.05) is 6.08 Å². The van der Waals surface area contributed by atoms with Gasteiger partial charge in [-0.3, -0.25) is 0 Å². The number of hydrogen-bond acceptors (Lipinski definition) is 2. The molecule has 0 saturated carbocycles. The van der Waals surface area contributed by atoms with Crippen molar-refractivity contribution < 1.29 is 9.47 Å². The lowest BCUT2D eigenvalue weighted by Gasteiger charge is -2.09. The van der Waals surface area contributed by atoms with Crippen molar-refractivity contribution in [3.8, 4) is 0 Å². The van der Waals surface area contributed by atoms with Crippen molar-refractivity contribution in [1.29, 1.82) is 0 Å². The second-order valence-corrected chi connectivity index (χ2v) is 1.89. The summed E-state index contributed by atoms with van der Waals surface area (Å²) in [5.74, 6) is 0. The molecule has 0 aromatic heterocycles. The molecule has 0 aromatic rings. The Morgan fingerprint density at radius 1 is 1.27 bits per heavy atom. The SMILES string of the molecule is C=CC.CCOC(C)OCC. The van der Waals surface area contributed by atoms with E-state index < -0.39 is 0 Å². The molecule has 0 aliphatic carbocycles. The van der Waals surface area contributed by atoms with Crippen LogP contribution in [0.5, 0.6) is 0 Å². The summed E-state index contributed by atoms with van der Waals surface area (Å²) < 4.78 is 10.1. The minimum Gasteiger partial charge on any atom is -0.353 e. The van der Waals surface area contributed by atoms with E-state index in [0.29, 0.717) is 0 Å². The molecule has 0 bridgehead atoms. The van der Waals surface area contributed by atoms with Gasteiger partial charge in [-0.05, 0) is 27.7 Å². The largest absolute Gasteiger partial charge is 0.353 e. The molecule has 0 amide bonds. The first kappa shape index (κ1) is 13.3. The summed E-state index contributed by atoms with van der Waals surface area (Å²) in [7, 11) is 0. The van der Waals surface area contributed by atoms with Gasteiger partial charge in [-0.25, -0.2) is 0 Å². The number of allylic oxidation sites excluding steroid dienone is 1. The lowest BCUT2D eigenvalue weighted by molar-refractivity contribution is -0.123. The van der Waals surface area contributed by atoms with E-state index >= 15 is 0 Å². The molecule has 2 nitrogen and oxygen atoms in total. The van der Waals surface area contributed by atoms with Gasteiger partial charge in [0, 0.05) is 13.2 Å². The Morgan fingerprint density at radius 2 is 1.55 bits per heavy atom. The Hall–Kier alpha value is -0.340. The van der Waals surface area contributed by atoms with E-state index in [0.717, 1.165) is 13.2 Å². The average molecular weight is 160 g/mol. The van der Waals surface area contributed by atoms with E-state index in [1.165, 1.54) is 0 Å². The van der Waals surface area contributed by atoms with Gasteiger partial charge < -0.3 is 9.47 Å². The lowest BCUT2D eigenvalue weighted by Crippen LogP contribution is -2.11. The molecule has 0 saturated heterocycles. The molecule has 0 heterocycles. The molecule has 0 spiro atoms. The highest BCUT2D eigenvalue weighted by Crippen LogP contribution is 1.90. The van der Waals surface area contributed by atoms with Crippen molar-refractivity contribution >= 4 is 0 Å². The summed E-state index contributed by atoms with van der Waals surface area (Å²) in [6, 6.07) is 0. The molecule has 0 aromatic carbocycles. The number of rotatable bonds is 4. The number of hydrogen-bond donors (Lipinski definition) is 0. The third kappa shape index (κ3) is 17.7. The van der Waals surface area contributed by atoms with Gasteiger partial charge in [0.05, 0.1) is 0 Å². The van der Waals surface area contributed by atoms with E-state index in [2.05, 4.69) is 6.58 Å². The second kappa shape index (κ2) is 12.3. The summed E-state index contributed by atoms with van der Waals surface area (Å²) in [6.07, 6.45) is 1.71. The topological polar surface area (TPSA) is 18.5 Å². The van der Waals surface area contributed by atoms with Crippen LogP contribution in [0.4, 0.5) is 0 Å². The highest BCUT2D eigenvalue weighted by Gasteiger charge is 1.94. The molecule has 2 heteroatoms. The summed E-state index contributed by atoms with van der Waals surface area (Å²) in [5, 5.41) is 0. The van der Waals surface area contributed by atoms with Gasteiger partial charge in [0.15, 0.2) is 6.29 Å². The Labute approximate surface area is 70.2 Å². The smallest absolute Gasteiger partial charge is 0.154 e. The summed E-state index contributed by atoms with van der Waals surface area (Å²) in [4.78, 5) is 0. The minimum absolute atomic E-state index is 0.0370. The lowest BCUT2D eigenvalue weighted by atomic mass is 10.7. The summed E-state index contributed by atoms with van der Waals surface area (Å²) in [6.45, 7) is 12.5. The standard InChI is InChI=1S/C6H14O2.C3H6/c1-4-7-6(3)8-5-2;1-3-2/h6H,4-5H2,1-3H3;3H,1H2,2H3. The molecule has 0 atom stereocenters. The molecule has 68 valence electrons. The van der Waals surface area contributed by atoms with Gasteiger partial charge in [0.2, 0.25) is 0 Å². The number of ether oxygens (including phenoxy) is 2. The third-order valence-electron chi connectivity index (χ3n) is 0.803. The van der Waals surface area contributed by atoms with Crippen molar-refractivity contribution in [1.82, 2.24) is 0 Å². The van der Waals surface area contributed by atoms with Crippen LogP contribution in [-0.4, -0.2) is 19.5 Å². The van der Waals surface area contributed by atoms with Crippen molar-refractivity contribution in [2.24, 2.45) is 0 Å². The fourth-order valence-corrected chi connectivity index (χ4v) is 0.518. The highest BCUT2D eigenvalue weighted by atomic mass is 16.7. The maximum atomic E-state index is 5.06. The van der Waals surface area contributed by atoms with Crippen LogP contribution >= 0.6 is 0 Å². The minimum atomic E-state index is -0.0370. The van der Waals surface area contributed by atoms with E-state index in [-0.39, 0.29) is 6.29 Å². The molecule has 11 heavy (non-hydrogen) atoms. The zero-order valence-electron chi connectivity index (χ0n) is 8.09. The maximum Gasteiger partial charge on any atom is 0.154 e. The molecular formula is C9H20O2.